The Morgan fingerprint density at radius 3 is 3.14 bits per heavy atom. The third-order valence-electron chi connectivity index (χ3n) is 1.09. The highest BCUT2D eigenvalue weighted by atomic mass is 32.2. The van der Waals surface area contributed by atoms with Crippen LogP contribution in [0.15, 0.2) is 11.6 Å². The Balaban J connectivity index is 2.14. The second kappa shape index (κ2) is 1.17. The summed E-state index contributed by atoms with van der Waals surface area (Å²) in [6.07, 6.45) is 1.96. The van der Waals surface area contributed by atoms with Gasteiger partial charge in [0, 0.05) is 6.20 Å². The Morgan fingerprint density at radius 2 is 2.86 bits per heavy atom. The summed E-state index contributed by atoms with van der Waals surface area (Å²) in [7, 11) is 0. The van der Waals surface area contributed by atoms with Crippen molar-refractivity contribution < 1.29 is 4.84 Å². The molecular formula is C4H5NOS. The molecule has 0 aromatic carbocycles. The average Bonchev–Trinajstić information content (AvgIpc) is 1.85. The lowest BCUT2D eigenvalue weighted by Crippen LogP contribution is -2.41. The van der Waals surface area contributed by atoms with Gasteiger partial charge in [0.05, 0.1) is 0 Å². The Labute approximate surface area is 46.1 Å². The quantitative estimate of drug-likeness (QED) is 0.463. The van der Waals surface area contributed by atoms with Crippen molar-refractivity contribution in [3.05, 3.63) is 11.6 Å². The summed E-state index contributed by atoms with van der Waals surface area (Å²) < 4.78 is 0. The van der Waals surface area contributed by atoms with Gasteiger partial charge in [-0.2, -0.15) is 0 Å². The molecule has 0 N–H and O–H groups in total. The molecule has 2 nitrogen and oxygen atoms in total. The molecule has 7 heavy (non-hydrogen) atoms. The standard InChI is InChI=1S/C4H5NOS/c1-2-7-4-3-6-5(1)4/h1-2,4H,3H2. The fourth-order valence-electron chi connectivity index (χ4n) is 0.646. The third-order valence-corrected chi connectivity index (χ3v) is 2.03. The van der Waals surface area contributed by atoms with Gasteiger partial charge in [-0.1, -0.05) is 0 Å². The van der Waals surface area contributed by atoms with Gasteiger partial charge in [-0.25, -0.2) is 5.06 Å². The van der Waals surface area contributed by atoms with Crippen LogP contribution in [0.25, 0.3) is 0 Å². The van der Waals surface area contributed by atoms with E-state index < -0.39 is 0 Å². The molecule has 0 aromatic rings. The maximum absolute atomic E-state index is 4.98. The fourth-order valence-corrected chi connectivity index (χ4v) is 1.41. The molecule has 0 saturated carbocycles. The first kappa shape index (κ1) is 3.80. The van der Waals surface area contributed by atoms with Crippen molar-refractivity contribution in [3.8, 4) is 0 Å². The number of hydrogen-bond donors (Lipinski definition) is 0. The van der Waals surface area contributed by atoms with Crippen LogP contribution < -0.4 is 0 Å². The Bertz CT molecular complexity index is 114. The van der Waals surface area contributed by atoms with Crippen LogP contribution in [0.4, 0.5) is 0 Å². The zero-order valence-electron chi connectivity index (χ0n) is 3.70. The van der Waals surface area contributed by atoms with E-state index >= 15 is 0 Å². The normalized spacial score (nSPS) is 35.4. The topological polar surface area (TPSA) is 12.5 Å². The van der Waals surface area contributed by atoms with E-state index in [0.717, 1.165) is 6.61 Å². The Morgan fingerprint density at radius 1 is 1.86 bits per heavy atom. The molecule has 0 radical (unpaired) electrons. The highest BCUT2D eigenvalue weighted by molar-refractivity contribution is 8.02. The van der Waals surface area contributed by atoms with Crippen LogP contribution in [0.5, 0.6) is 0 Å². The zero-order valence-corrected chi connectivity index (χ0v) is 4.52. The molecule has 0 bridgehead atoms. The van der Waals surface area contributed by atoms with Gasteiger partial charge in [-0.3, -0.25) is 4.84 Å². The van der Waals surface area contributed by atoms with Crippen LogP contribution in [0.3, 0.4) is 0 Å². The van der Waals surface area contributed by atoms with Crippen molar-refractivity contribution in [3.63, 3.8) is 0 Å². The summed E-state index contributed by atoms with van der Waals surface area (Å²) in [5, 5.41) is 4.53. The molecule has 1 fully saturated rings. The number of hydroxylamine groups is 2. The number of fused-ring (bicyclic) bond motifs is 1. The van der Waals surface area contributed by atoms with E-state index in [1.54, 1.807) is 0 Å². The minimum atomic E-state index is 0.611. The first-order chi connectivity index (χ1) is 3.47. The van der Waals surface area contributed by atoms with Crippen LogP contribution in [-0.2, 0) is 4.84 Å². The monoisotopic (exact) mass is 115 g/mol. The van der Waals surface area contributed by atoms with Gasteiger partial charge in [0.25, 0.3) is 0 Å². The van der Waals surface area contributed by atoms with E-state index in [-0.39, 0.29) is 0 Å². The summed E-state index contributed by atoms with van der Waals surface area (Å²) in [6, 6.07) is 0. The Hall–Kier alpha value is -0.150. The molecule has 1 unspecified atom stereocenters. The zero-order chi connectivity index (χ0) is 4.69. The molecule has 2 rings (SSSR count). The van der Waals surface area contributed by atoms with Crippen molar-refractivity contribution in [1.29, 1.82) is 0 Å². The van der Waals surface area contributed by atoms with Gasteiger partial charge in [0.15, 0.2) is 0 Å². The van der Waals surface area contributed by atoms with Crippen molar-refractivity contribution >= 4 is 11.8 Å². The summed E-state index contributed by atoms with van der Waals surface area (Å²) in [5.41, 5.74) is 0. The molecule has 1 saturated heterocycles. The second-order valence-electron chi connectivity index (χ2n) is 1.53. The van der Waals surface area contributed by atoms with Gasteiger partial charge >= 0.3 is 0 Å². The van der Waals surface area contributed by atoms with E-state index in [2.05, 4.69) is 5.41 Å². The lowest BCUT2D eigenvalue weighted by Gasteiger charge is -2.32. The molecule has 3 heteroatoms. The van der Waals surface area contributed by atoms with Crippen molar-refractivity contribution in [2.45, 2.75) is 5.37 Å². The average molecular weight is 115 g/mol. The smallest absolute Gasteiger partial charge is 0.131 e. The Kier molecular flexibility index (Phi) is 0.635. The lowest BCUT2D eigenvalue weighted by atomic mass is 10.6. The van der Waals surface area contributed by atoms with E-state index in [4.69, 9.17) is 4.84 Å². The second-order valence-corrected chi connectivity index (χ2v) is 2.62. The summed E-state index contributed by atoms with van der Waals surface area (Å²) in [6.45, 7) is 0.887. The van der Waals surface area contributed by atoms with E-state index in [0.29, 0.717) is 5.37 Å². The first-order valence-electron chi connectivity index (χ1n) is 2.20. The van der Waals surface area contributed by atoms with Gasteiger partial charge in [0.2, 0.25) is 0 Å². The summed E-state index contributed by atoms with van der Waals surface area (Å²) in [5.74, 6) is 0. The predicted octanol–water partition coefficient (Wildman–Crippen LogP) is 0.778. The van der Waals surface area contributed by atoms with Gasteiger partial charge in [-0.15, -0.1) is 11.8 Å². The minimum Gasteiger partial charge on any atom is -0.270 e. The molecule has 1 atom stereocenters. The number of thioether (sulfide) groups is 1. The van der Waals surface area contributed by atoms with Crippen LogP contribution in [0.2, 0.25) is 0 Å². The number of nitrogens with zero attached hydrogens (tertiary/aromatic N) is 1. The highest BCUT2D eigenvalue weighted by Crippen LogP contribution is 2.31. The SMILES string of the molecule is C1=CN2OCC2S1. The van der Waals surface area contributed by atoms with Crippen LogP contribution in [0, 0.1) is 0 Å². The molecule has 0 amide bonds. The molecule has 2 aliphatic heterocycles. The van der Waals surface area contributed by atoms with Crippen LogP contribution in [0.1, 0.15) is 0 Å². The predicted molar refractivity (Wildman–Crippen MR) is 28.3 cm³/mol. The van der Waals surface area contributed by atoms with Gasteiger partial charge in [-0.05, 0) is 5.41 Å². The molecular weight excluding hydrogens is 110 g/mol. The van der Waals surface area contributed by atoms with Crippen LogP contribution >= 0.6 is 11.8 Å². The lowest BCUT2D eigenvalue weighted by molar-refractivity contribution is -0.222. The first-order valence-corrected chi connectivity index (χ1v) is 3.14. The summed E-state index contributed by atoms with van der Waals surface area (Å²) >= 11 is 1.81. The maximum atomic E-state index is 4.98. The van der Waals surface area contributed by atoms with Crippen LogP contribution in [-0.4, -0.2) is 17.0 Å². The largest absolute Gasteiger partial charge is 0.270 e. The van der Waals surface area contributed by atoms with Gasteiger partial charge < -0.3 is 0 Å². The molecule has 38 valence electrons. The molecule has 2 heterocycles. The highest BCUT2D eigenvalue weighted by Gasteiger charge is 2.29. The fraction of sp³-hybridized carbons (Fsp3) is 0.500. The molecule has 0 spiro atoms. The van der Waals surface area contributed by atoms with E-state index in [9.17, 15) is 0 Å². The van der Waals surface area contributed by atoms with Crippen molar-refractivity contribution in [2.75, 3.05) is 6.61 Å². The van der Waals surface area contributed by atoms with Crippen molar-refractivity contribution in [2.24, 2.45) is 0 Å². The maximum Gasteiger partial charge on any atom is 0.131 e. The molecule has 0 aromatic heterocycles. The summed E-state index contributed by atoms with van der Waals surface area (Å²) in [4.78, 5) is 4.98. The number of rotatable bonds is 0. The van der Waals surface area contributed by atoms with Crippen molar-refractivity contribution in [1.82, 2.24) is 5.06 Å². The minimum absolute atomic E-state index is 0.611. The van der Waals surface area contributed by atoms with E-state index in [1.165, 1.54) is 0 Å². The number of hydrogen-bond acceptors (Lipinski definition) is 3. The van der Waals surface area contributed by atoms with Gasteiger partial charge in [0.1, 0.15) is 12.0 Å². The third kappa shape index (κ3) is 0.393. The molecule has 2 aliphatic rings. The van der Waals surface area contributed by atoms with E-state index in [1.807, 2.05) is 23.0 Å². The molecule has 0 aliphatic carbocycles.